The van der Waals surface area contributed by atoms with Crippen molar-refractivity contribution >= 4 is 11.9 Å². The number of halogens is 2. The normalized spacial score (nSPS) is 13.7. The molecule has 0 aliphatic rings. The lowest BCUT2D eigenvalue weighted by Crippen LogP contribution is -2.45. The van der Waals surface area contributed by atoms with E-state index in [1.165, 1.54) is 7.05 Å². The maximum Gasteiger partial charge on any atom is 0.316 e. The van der Waals surface area contributed by atoms with Gasteiger partial charge in [0.15, 0.2) is 0 Å². The van der Waals surface area contributed by atoms with E-state index in [1.54, 1.807) is 20.8 Å². The number of aliphatic carboxylic acids is 1. The summed E-state index contributed by atoms with van der Waals surface area (Å²) in [6.07, 6.45) is -2.66. The SMILES string of the molecule is CN(CC(F)F)C(=O)C(C(=O)O)C(C)(C)C. The Balaban J connectivity index is 4.83. The number of nitrogens with zero attached hydrogens (tertiary/aromatic N) is 1. The van der Waals surface area contributed by atoms with E-state index in [1.807, 2.05) is 0 Å². The van der Waals surface area contributed by atoms with Crippen molar-refractivity contribution in [2.24, 2.45) is 11.3 Å². The number of amides is 1. The molecular formula is C10H17F2NO3. The van der Waals surface area contributed by atoms with Crippen molar-refractivity contribution in [3.63, 3.8) is 0 Å². The summed E-state index contributed by atoms with van der Waals surface area (Å²) in [5.41, 5.74) is -0.806. The van der Waals surface area contributed by atoms with Crippen molar-refractivity contribution in [1.29, 1.82) is 0 Å². The standard InChI is InChI=1S/C10H17F2NO3/c1-10(2,3)7(9(15)16)8(14)13(4)5-6(11)12/h6-7H,5H2,1-4H3,(H,15,16). The molecule has 0 saturated heterocycles. The Morgan fingerprint density at radius 1 is 1.31 bits per heavy atom. The van der Waals surface area contributed by atoms with Gasteiger partial charge in [0, 0.05) is 7.05 Å². The summed E-state index contributed by atoms with van der Waals surface area (Å²) in [6.45, 7) is 4.00. The van der Waals surface area contributed by atoms with Crippen LogP contribution >= 0.6 is 0 Å². The van der Waals surface area contributed by atoms with Crippen LogP contribution in [0.15, 0.2) is 0 Å². The Labute approximate surface area is 93.2 Å². The molecule has 0 bridgehead atoms. The Bertz CT molecular complexity index is 274. The number of rotatable bonds is 4. The van der Waals surface area contributed by atoms with E-state index in [4.69, 9.17) is 5.11 Å². The highest BCUT2D eigenvalue weighted by Gasteiger charge is 2.39. The summed E-state index contributed by atoms with van der Waals surface area (Å²) < 4.78 is 24.1. The number of carbonyl (C=O) groups is 2. The second-order valence-corrected chi connectivity index (χ2v) is 4.75. The molecule has 0 aromatic heterocycles. The van der Waals surface area contributed by atoms with E-state index in [0.717, 1.165) is 4.90 Å². The van der Waals surface area contributed by atoms with Gasteiger partial charge in [-0.05, 0) is 5.41 Å². The molecule has 0 fully saturated rings. The molecule has 6 heteroatoms. The van der Waals surface area contributed by atoms with Gasteiger partial charge in [0.25, 0.3) is 6.43 Å². The van der Waals surface area contributed by atoms with E-state index in [9.17, 15) is 18.4 Å². The Morgan fingerprint density at radius 3 is 2.00 bits per heavy atom. The van der Waals surface area contributed by atoms with Crippen molar-refractivity contribution in [1.82, 2.24) is 4.90 Å². The van der Waals surface area contributed by atoms with Crippen LogP contribution in [0, 0.1) is 11.3 Å². The zero-order valence-corrected chi connectivity index (χ0v) is 9.83. The smallest absolute Gasteiger partial charge is 0.316 e. The molecule has 1 N–H and O–H groups in total. The molecule has 0 aromatic rings. The van der Waals surface area contributed by atoms with Crippen molar-refractivity contribution in [2.45, 2.75) is 27.2 Å². The molecule has 16 heavy (non-hydrogen) atoms. The first-order chi connectivity index (χ1) is 7.07. The zero-order valence-electron chi connectivity index (χ0n) is 9.83. The van der Waals surface area contributed by atoms with Crippen LogP contribution in [0.4, 0.5) is 8.78 Å². The minimum atomic E-state index is -2.66. The first-order valence-electron chi connectivity index (χ1n) is 4.83. The molecular weight excluding hydrogens is 220 g/mol. The average molecular weight is 237 g/mol. The van der Waals surface area contributed by atoms with Crippen LogP contribution in [0.25, 0.3) is 0 Å². The summed E-state index contributed by atoms with van der Waals surface area (Å²) in [4.78, 5) is 23.4. The molecule has 0 saturated carbocycles. The Hall–Kier alpha value is -1.20. The molecule has 4 nitrogen and oxygen atoms in total. The summed E-state index contributed by atoms with van der Waals surface area (Å²) >= 11 is 0. The number of carboxylic acid groups (broad SMARTS) is 1. The molecule has 0 aromatic carbocycles. The third-order valence-electron chi connectivity index (χ3n) is 2.15. The highest BCUT2D eigenvalue weighted by atomic mass is 19.3. The van der Waals surface area contributed by atoms with Crippen LogP contribution in [0.2, 0.25) is 0 Å². The topological polar surface area (TPSA) is 57.6 Å². The van der Waals surface area contributed by atoms with Crippen LogP contribution in [0.1, 0.15) is 20.8 Å². The first-order valence-corrected chi connectivity index (χ1v) is 4.83. The molecule has 0 rings (SSSR count). The quantitative estimate of drug-likeness (QED) is 0.753. The van der Waals surface area contributed by atoms with Crippen LogP contribution in [-0.4, -0.2) is 41.9 Å². The van der Waals surface area contributed by atoms with Crippen LogP contribution < -0.4 is 0 Å². The van der Waals surface area contributed by atoms with Gasteiger partial charge >= 0.3 is 5.97 Å². The summed E-state index contributed by atoms with van der Waals surface area (Å²) in [7, 11) is 1.18. The summed E-state index contributed by atoms with van der Waals surface area (Å²) in [6, 6.07) is 0. The number of hydrogen-bond acceptors (Lipinski definition) is 2. The molecule has 94 valence electrons. The van der Waals surface area contributed by atoms with Gasteiger partial charge in [0.1, 0.15) is 5.92 Å². The fourth-order valence-corrected chi connectivity index (χ4v) is 1.36. The molecule has 0 aliphatic heterocycles. The first kappa shape index (κ1) is 14.8. The van der Waals surface area contributed by atoms with Gasteiger partial charge in [-0.2, -0.15) is 0 Å². The minimum absolute atomic E-state index is 0.751. The zero-order chi connectivity index (χ0) is 13.1. The van der Waals surface area contributed by atoms with Crippen molar-refractivity contribution in [3.8, 4) is 0 Å². The molecule has 1 unspecified atom stereocenters. The largest absolute Gasteiger partial charge is 0.481 e. The van der Waals surface area contributed by atoms with Crippen molar-refractivity contribution in [3.05, 3.63) is 0 Å². The lowest BCUT2D eigenvalue weighted by molar-refractivity contribution is -0.156. The second kappa shape index (κ2) is 5.23. The average Bonchev–Trinajstić information content (AvgIpc) is 1.98. The van der Waals surface area contributed by atoms with E-state index in [0.29, 0.717) is 0 Å². The monoisotopic (exact) mass is 237 g/mol. The third-order valence-corrected chi connectivity index (χ3v) is 2.15. The van der Waals surface area contributed by atoms with Gasteiger partial charge in [-0.1, -0.05) is 20.8 Å². The van der Waals surface area contributed by atoms with E-state index in [2.05, 4.69) is 0 Å². The van der Waals surface area contributed by atoms with Crippen LogP contribution in [0.5, 0.6) is 0 Å². The van der Waals surface area contributed by atoms with Crippen LogP contribution in [0.3, 0.4) is 0 Å². The predicted octanol–water partition coefficient (Wildman–Crippen LogP) is 1.46. The summed E-state index contributed by atoms with van der Waals surface area (Å²) in [5, 5.41) is 8.93. The Morgan fingerprint density at radius 2 is 1.75 bits per heavy atom. The van der Waals surface area contributed by atoms with Gasteiger partial charge < -0.3 is 10.0 Å². The minimum Gasteiger partial charge on any atom is -0.481 e. The maximum atomic E-state index is 12.1. The van der Waals surface area contributed by atoms with Gasteiger partial charge in [-0.25, -0.2) is 8.78 Å². The lowest BCUT2D eigenvalue weighted by Gasteiger charge is -2.29. The van der Waals surface area contributed by atoms with E-state index in [-0.39, 0.29) is 0 Å². The lowest BCUT2D eigenvalue weighted by atomic mass is 9.80. The second-order valence-electron chi connectivity index (χ2n) is 4.75. The van der Waals surface area contributed by atoms with Gasteiger partial charge in [-0.15, -0.1) is 0 Å². The van der Waals surface area contributed by atoms with Crippen molar-refractivity contribution < 1.29 is 23.5 Å². The number of carboxylic acids is 1. The van der Waals surface area contributed by atoms with Crippen LogP contribution in [-0.2, 0) is 9.59 Å². The predicted molar refractivity (Wildman–Crippen MR) is 54.2 cm³/mol. The Kier molecular flexibility index (Phi) is 4.83. The molecule has 1 amide bonds. The highest BCUT2D eigenvalue weighted by molar-refractivity contribution is 5.97. The highest BCUT2D eigenvalue weighted by Crippen LogP contribution is 2.27. The van der Waals surface area contributed by atoms with Gasteiger partial charge in [0.2, 0.25) is 5.91 Å². The van der Waals surface area contributed by atoms with Gasteiger partial charge in [-0.3, -0.25) is 9.59 Å². The third kappa shape index (κ3) is 4.12. The molecule has 0 spiro atoms. The molecule has 0 radical (unpaired) electrons. The number of alkyl halides is 2. The summed E-state index contributed by atoms with van der Waals surface area (Å²) in [5.74, 6) is -3.39. The molecule has 0 aliphatic carbocycles. The van der Waals surface area contributed by atoms with Gasteiger partial charge in [0.05, 0.1) is 6.54 Å². The maximum absolute atomic E-state index is 12.1. The fraction of sp³-hybridized carbons (Fsp3) is 0.800. The fourth-order valence-electron chi connectivity index (χ4n) is 1.36. The van der Waals surface area contributed by atoms with E-state index < -0.39 is 36.2 Å². The van der Waals surface area contributed by atoms with Crippen molar-refractivity contribution in [2.75, 3.05) is 13.6 Å². The molecule has 0 heterocycles. The molecule has 1 atom stereocenters. The van der Waals surface area contributed by atoms with E-state index >= 15 is 0 Å². The number of carbonyl (C=O) groups excluding carboxylic acids is 1. The number of hydrogen-bond donors (Lipinski definition) is 1.